The molecule has 1 aromatic carbocycles. The predicted molar refractivity (Wildman–Crippen MR) is 78.6 cm³/mol. The maximum absolute atomic E-state index is 12.7. The number of aliphatic hydroxyl groups excluding tert-OH is 1. The lowest BCUT2D eigenvalue weighted by Crippen LogP contribution is -2.25. The Hall–Kier alpha value is -1.89. The van der Waals surface area contributed by atoms with E-state index in [9.17, 15) is 23.1 Å². The summed E-state index contributed by atoms with van der Waals surface area (Å²) in [5.41, 5.74) is -1.78. The van der Waals surface area contributed by atoms with Crippen molar-refractivity contribution in [3.8, 4) is 0 Å². The number of ketones is 1. The van der Waals surface area contributed by atoms with Crippen molar-refractivity contribution in [2.24, 2.45) is 15.6 Å². The van der Waals surface area contributed by atoms with Gasteiger partial charge < -0.3 is 5.11 Å². The van der Waals surface area contributed by atoms with Gasteiger partial charge in [0.2, 0.25) is 0 Å². The van der Waals surface area contributed by atoms with Gasteiger partial charge in [0.05, 0.1) is 10.6 Å². The van der Waals surface area contributed by atoms with E-state index in [4.69, 9.17) is 11.6 Å². The third kappa shape index (κ3) is 4.10. The van der Waals surface area contributed by atoms with Crippen molar-refractivity contribution in [3.63, 3.8) is 0 Å². The molecule has 0 radical (unpaired) electrons. The molecule has 0 saturated carbocycles. The third-order valence-corrected chi connectivity index (χ3v) is 3.67. The lowest BCUT2D eigenvalue weighted by atomic mass is 9.78. The van der Waals surface area contributed by atoms with Crippen molar-refractivity contribution in [2.75, 3.05) is 0 Å². The summed E-state index contributed by atoms with van der Waals surface area (Å²) in [5.74, 6) is -0.635. The molecule has 2 rings (SSSR count). The molecule has 0 unspecified atom stereocenters. The number of halogens is 4. The first kappa shape index (κ1) is 17.5. The van der Waals surface area contributed by atoms with Gasteiger partial charge in [0.15, 0.2) is 11.5 Å². The molecule has 0 aromatic heterocycles. The van der Waals surface area contributed by atoms with Crippen LogP contribution in [0.4, 0.5) is 18.9 Å². The number of Topliss-reactive ketones (excluding diaryl/α,β-unsaturated/α-hetero) is 1. The van der Waals surface area contributed by atoms with E-state index in [1.54, 1.807) is 0 Å². The first-order valence-electron chi connectivity index (χ1n) is 6.73. The largest absolute Gasteiger partial charge is 0.510 e. The van der Waals surface area contributed by atoms with Crippen molar-refractivity contribution in [1.82, 2.24) is 0 Å². The number of benzene rings is 1. The molecule has 0 aliphatic heterocycles. The molecule has 0 spiro atoms. The van der Waals surface area contributed by atoms with Gasteiger partial charge in [-0.25, -0.2) is 0 Å². The minimum atomic E-state index is -4.54. The maximum atomic E-state index is 12.7. The number of allylic oxidation sites excluding steroid dienone is 2. The van der Waals surface area contributed by atoms with E-state index in [0.717, 1.165) is 18.2 Å². The Morgan fingerprint density at radius 1 is 1.22 bits per heavy atom. The van der Waals surface area contributed by atoms with Crippen LogP contribution in [-0.4, -0.2) is 10.9 Å². The van der Waals surface area contributed by atoms with Crippen LogP contribution in [0.1, 0.15) is 32.3 Å². The van der Waals surface area contributed by atoms with Crippen LogP contribution >= 0.6 is 11.6 Å². The van der Waals surface area contributed by atoms with E-state index in [1.807, 2.05) is 13.8 Å². The molecule has 23 heavy (non-hydrogen) atoms. The zero-order chi connectivity index (χ0) is 17.4. The fraction of sp³-hybridized carbons (Fsp3) is 0.400. The van der Waals surface area contributed by atoms with Crippen molar-refractivity contribution in [1.29, 1.82) is 0 Å². The van der Waals surface area contributed by atoms with Gasteiger partial charge in [-0.3, -0.25) is 4.79 Å². The van der Waals surface area contributed by atoms with E-state index in [2.05, 4.69) is 10.2 Å². The topological polar surface area (TPSA) is 62.0 Å². The van der Waals surface area contributed by atoms with Gasteiger partial charge in [0, 0.05) is 12.8 Å². The second-order valence-corrected chi connectivity index (χ2v) is 6.51. The molecule has 1 N–H and O–H groups in total. The minimum absolute atomic E-state index is 0.0366. The first-order valence-corrected chi connectivity index (χ1v) is 7.11. The van der Waals surface area contributed by atoms with E-state index < -0.39 is 22.9 Å². The number of aliphatic hydroxyl groups is 1. The Kier molecular flexibility index (Phi) is 4.52. The van der Waals surface area contributed by atoms with Crippen molar-refractivity contribution in [2.45, 2.75) is 32.9 Å². The maximum Gasteiger partial charge on any atom is 0.416 e. The van der Waals surface area contributed by atoms with Crippen molar-refractivity contribution >= 4 is 23.1 Å². The number of carbonyl (C=O) groups is 1. The number of alkyl halides is 3. The second-order valence-electron chi connectivity index (χ2n) is 6.10. The highest BCUT2D eigenvalue weighted by Gasteiger charge is 2.34. The van der Waals surface area contributed by atoms with Crippen molar-refractivity contribution in [3.05, 3.63) is 40.2 Å². The summed E-state index contributed by atoms with van der Waals surface area (Å²) in [7, 11) is 0. The number of hydrogen-bond donors (Lipinski definition) is 1. The first-order chi connectivity index (χ1) is 10.5. The fourth-order valence-corrected chi connectivity index (χ4v) is 2.42. The Morgan fingerprint density at radius 2 is 1.87 bits per heavy atom. The molecule has 8 heteroatoms. The van der Waals surface area contributed by atoms with E-state index in [-0.39, 0.29) is 35.0 Å². The lowest BCUT2D eigenvalue weighted by molar-refractivity contribution is -0.137. The Balaban J connectivity index is 2.35. The van der Waals surface area contributed by atoms with Gasteiger partial charge in [-0.15, -0.1) is 10.2 Å². The van der Waals surface area contributed by atoms with E-state index in [0.29, 0.717) is 0 Å². The Labute approximate surface area is 135 Å². The monoisotopic (exact) mass is 346 g/mol. The molecule has 4 nitrogen and oxygen atoms in total. The molecular weight excluding hydrogens is 333 g/mol. The van der Waals surface area contributed by atoms with Gasteiger partial charge in [-0.1, -0.05) is 25.4 Å². The van der Waals surface area contributed by atoms with Crippen LogP contribution in [0, 0.1) is 5.41 Å². The standard InChI is InChI=1S/C15H14ClF3N2O2/c1-14(2)6-11(22)13(12(23)7-14)21-20-10-5-8(15(17,18)19)3-4-9(10)16/h3-5,22H,6-7H2,1-2H3. The average molecular weight is 347 g/mol. The van der Waals surface area contributed by atoms with E-state index in [1.165, 1.54) is 0 Å². The molecule has 0 heterocycles. The number of nitrogens with zero attached hydrogens (tertiary/aromatic N) is 2. The third-order valence-electron chi connectivity index (χ3n) is 3.35. The number of hydrogen-bond acceptors (Lipinski definition) is 4. The SMILES string of the molecule is CC1(C)CC(=O)C(N=Nc2cc(C(F)(F)F)ccc2Cl)=C(O)C1. The van der Waals surface area contributed by atoms with Crippen LogP contribution in [-0.2, 0) is 11.0 Å². The van der Waals surface area contributed by atoms with Gasteiger partial charge in [-0.05, 0) is 23.6 Å². The summed E-state index contributed by atoms with van der Waals surface area (Å²) in [6, 6.07) is 2.62. The van der Waals surface area contributed by atoms with Gasteiger partial charge in [-0.2, -0.15) is 13.2 Å². The van der Waals surface area contributed by atoms with Gasteiger partial charge in [0.25, 0.3) is 0 Å². The zero-order valence-electron chi connectivity index (χ0n) is 12.4. The molecule has 1 aliphatic carbocycles. The van der Waals surface area contributed by atoms with Crippen LogP contribution in [0.5, 0.6) is 0 Å². The van der Waals surface area contributed by atoms with E-state index >= 15 is 0 Å². The van der Waals surface area contributed by atoms with Crippen LogP contribution in [0.2, 0.25) is 5.02 Å². The van der Waals surface area contributed by atoms with Crippen LogP contribution in [0.25, 0.3) is 0 Å². The normalized spacial score (nSPS) is 18.8. The molecule has 1 aromatic rings. The number of carbonyl (C=O) groups excluding carboxylic acids is 1. The summed E-state index contributed by atoms with van der Waals surface area (Å²) in [5, 5.41) is 17.1. The summed E-state index contributed by atoms with van der Waals surface area (Å²) in [6.45, 7) is 3.64. The smallest absolute Gasteiger partial charge is 0.416 e. The highest BCUT2D eigenvalue weighted by molar-refractivity contribution is 6.33. The summed E-state index contributed by atoms with van der Waals surface area (Å²) in [6.07, 6.45) is -4.13. The molecule has 0 bridgehead atoms. The Bertz CT molecular complexity index is 709. The summed E-state index contributed by atoms with van der Waals surface area (Å²) >= 11 is 5.80. The molecule has 0 amide bonds. The van der Waals surface area contributed by atoms with Gasteiger partial charge >= 0.3 is 6.18 Å². The molecule has 0 atom stereocenters. The second kappa shape index (κ2) is 5.96. The molecular formula is C15H14ClF3N2O2. The van der Waals surface area contributed by atoms with Gasteiger partial charge in [0.1, 0.15) is 11.4 Å². The molecule has 124 valence electrons. The van der Waals surface area contributed by atoms with Crippen LogP contribution in [0.3, 0.4) is 0 Å². The minimum Gasteiger partial charge on any atom is -0.510 e. The van der Waals surface area contributed by atoms with Crippen molar-refractivity contribution < 1.29 is 23.1 Å². The van der Waals surface area contributed by atoms with Crippen LogP contribution < -0.4 is 0 Å². The lowest BCUT2D eigenvalue weighted by Gasteiger charge is -2.27. The van der Waals surface area contributed by atoms with Crippen LogP contribution in [0.15, 0.2) is 39.9 Å². The fourth-order valence-electron chi connectivity index (χ4n) is 2.26. The molecule has 0 saturated heterocycles. The molecule has 0 fully saturated rings. The summed E-state index contributed by atoms with van der Waals surface area (Å²) in [4.78, 5) is 12.0. The molecule has 1 aliphatic rings. The zero-order valence-corrected chi connectivity index (χ0v) is 13.2. The summed E-state index contributed by atoms with van der Waals surface area (Å²) < 4.78 is 38.1. The average Bonchev–Trinajstić information content (AvgIpc) is 2.36. The highest BCUT2D eigenvalue weighted by atomic mass is 35.5. The highest BCUT2D eigenvalue weighted by Crippen LogP contribution is 2.38. The predicted octanol–water partition coefficient (Wildman–Crippen LogP) is 5.60. The quantitative estimate of drug-likeness (QED) is 0.708. The number of azo groups is 1. The Morgan fingerprint density at radius 3 is 2.43 bits per heavy atom. The number of rotatable bonds is 2.